The monoisotopic (exact) mass is 289 g/mol. The molecule has 5 heteroatoms. The molecule has 0 saturated carbocycles. The zero-order valence-electron chi connectivity index (χ0n) is 12.1. The summed E-state index contributed by atoms with van der Waals surface area (Å²) < 4.78 is 0. The molecule has 106 valence electrons. The molecule has 2 aliphatic heterocycles. The van der Waals surface area contributed by atoms with E-state index in [1.54, 1.807) is 11.3 Å². The van der Waals surface area contributed by atoms with Crippen molar-refractivity contribution in [2.24, 2.45) is 0 Å². The Morgan fingerprint density at radius 2 is 1.95 bits per heavy atom. The maximum Gasteiger partial charge on any atom is 0.328 e. The van der Waals surface area contributed by atoms with Gasteiger partial charge in [0.1, 0.15) is 0 Å². The summed E-state index contributed by atoms with van der Waals surface area (Å²) in [6, 6.07) is 2.18. The van der Waals surface area contributed by atoms with E-state index in [0.717, 1.165) is 31.0 Å². The van der Waals surface area contributed by atoms with Crippen molar-refractivity contribution in [2.75, 3.05) is 31.6 Å². The van der Waals surface area contributed by atoms with Crippen LogP contribution in [0.15, 0.2) is 35.0 Å². The Morgan fingerprint density at radius 1 is 1.20 bits per heavy atom. The molecular formula is C15H19N3OS. The van der Waals surface area contributed by atoms with Crippen LogP contribution in [0.4, 0.5) is 10.5 Å². The standard InChI is InChI=1S/C15H19N3OS/c1-11-4-5-16(3)9-14(11)18-7-6-17(15(18)19)13-8-12(2)20-10-13/h4-5,8,10H,6-7,9H2,1-3H3. The lowest BCUT2D eigenvalue weighted by atomic mass is 10.1. The number of amides is 2. The van der Waals surface area contributed by atoms with Crippen LogP contribution in [0.5, 0.6) is 0 Å². The minimum atomic E-state index is 0.0980. The van der Waals surface area contributed by atoms with Crippen LogP contribution in [-0.4, -0.2) is 42.5 Å². The first-order chi connectivity index (χ1) is 9.56. The summed E-state index contributed by atoms with van der Waals surface area (Å²) in [4.78, 5) is 19.8. The number of urea groups is 1. The summed E-state index contributed by atoms with van der Waals surface area (Å²) >= 11 is 1.69. The first-order valence-corrected chi connectivity index (χ1v) is 7.66. The average molecular weight is 289 g/mol. The number of nitrogens with zero attached hydrogens (tertiary/aromatic N) is 3. The van der Waals surface area contributed by atoms with Gasteiger partial charge in [0.2, 0.25) is 0 Å². The second-order valence-electron chi connectivity index (χ2n) is 5.36. The number of anilines is 1. The van der Waals surface area contributed by atoms with Gasteiger partial charge in [0.05, 0.1) is 12.2 Å². The molecule has 0 aromatic carbocycles. The van der Waals surface area contributed by atoms with Gasteiger partial charge in [-0.15, -0.1) is 11.3 Å². The van der Waals surface area contributed by atoms with Crippen LogP contribution in [0, 0.1) is 6.92 Å². The van der Waals surface area contributed by atoms with Gasteiger partial charge in [-0.1, -0.05) is 0 Å². The summed E-state index contributed by atoms with van der Waals surface area (Å²) in [7, 11) is 2.03. The average Bonchev–Trinajstić information content (AvgIpc) is 2.99. The molecular weight excluding hydrogens is 270 g/mol. The lowest BCUT2D eigenvalue weighted by Gasteiger charge is -2.28. The van der Waals surface area contributed by atoms with Crippen LogP contribution in [0.25, 0.3) is 0 Å². The van der Waals surface area contributed by atoms with Crippen molar-refractivity contribution >= 4 is 23.1 Å². The van der Waals surface area contributed by atoms with Gasteiger partial charge in [-0.25, -0.2) is 4.79 Å². The van der Waals surface area contributed by atoms with Crippen molar-refractivity contribution in [1.29, 1.82) is 0 Å². The zero-order valence-corrected chi connectivity index (χ0v) is 12.9. The molecule has 0 spiro atoms. The van der Waals surface area contributed by atoms with E-state index in [4.69, 9.17) is 0 Å². The van der Waals surface area contributed by atoms with E-state index in [9.17, 15) is 4.79 Å². The summed E-state index contributed by atoms with van der Waals surface area (Å²) in [5.41, 5.74) is 3.33. The molecule has 2 aliphatic rings. The molecule has 1 aromatic rings. The highest BCUT2D eigenvalue weighted by atomic mass is 32.1. The minimum Gasteiger partial charge on any atom is -0.375 e. The van der Waals surface area contributed by atoms with Crippen LogP contribution in [-0.2, 0) is 0 Å². The van der Waals surface area contributed by atoms with Gasteiger partial charge < -0.3 is 4.90 Å². The molecule has 20 heavy (non-hydrogen) atoms. The summed E-state index contributed by atoms with van der Waals surface area (Å²) in [6.07, 6.45) is 4.13. The van der Waals surface area contributed by atoms with Crippen molar-refractivity contribution in [3.05, 3.63) is 39.9 Å². The number of carbonyl (C=O) groups is 1. The van der Waals surface area contributed by atoms with Crippen LogP contribution in [0.2, 0.25) is 0 Å². The van der Waals surface area contributed by atoms with Gasteiger partial charge in [0.15, 0.2) is 0 Å². The second kappa shape index (κ2) is 4.98. The number of allylic oxidation sites excluding steroid dienone is 2. The number of aryl methyl sites for hydroxylation is 1. The van der Waals surface area contributed by atoms with Crippen molar-refractivity contribution < 1.29 is 4.79 Å². The predicted octanol–water partition coefficient (Wildman–Crippen LogP) is 3.03. The number of rotatable bonds is 2. The van der Waals surface area contributed by atoms with E-state index in [1.165, 1.54) is 10.5 Å². The van der Waals surface area contributed by atoms with Gasteiger partial charge in [0.25, 0.3) is 0 Å². The maximum atomic E-state index is 12.6. The first kappa shape index (κ1) is 13.2. The molecule has 1 saturated heterocycles. The number of carbonyl (C=O) groups excluding carboxylic acids is 1. The third kappa shape index (κ3) is 2.22. The second-order valence-corrected chi connectivity index (χ2v) is 6.48. The Balaban J connectivity index is 1.84. The van der Waals surface area contributed by atoms with Crippen molar-refractivity contribution in [2.45, 2.75) is 13.8 Å². The molecule has 1 fully saturated rings. The Bertz CT molecular complexity index is 602. The van der Waals surface area contributed by atoms with E-state index in [-0.39, 0.29) is 6.03 Å². The van der Waals surface area contributed by atoms with Gasteiger partial charge in [-0.2, -0.15) is 0 Å². The Hall–Kier alpha value is -1.75. The number of hydrogen-bond donors (Lipinski definition) is 0. The lowest BCUT2D eigenvalue weighted by Crippen LogP contribution is -2.36. The fourth-order valence-electron chi connectivity index (χ4n) is 2.65. The molecule has 2 amide bonds. The zero-order chi connectivity index (χ0) is 14.3. The molecule has 0 aliphatic carbocycles. The third-order valence-corrected chi connectivity index (χ3v) is 4.65. The lowest BCUT2D eigenvalue weighted by molar-refractivity contribution is 0.227. The van der Waals surface area contributed by atoms with E-state index < -0.39 is 0 Å². The van der Waals surface area contributed by atoms with Crippen LogP contribution < -0.4 is 4.90 Å². The predicted molar refractivity (Wildman–Crippen MR) is 83.0 cm³/mol. The molecule has 1 aromatic heterocycles. The summed E-state index contributed by atoms with van der Waals surface area (Å²) in [5, 5.41) is 2.06. The molecule has 3 rings (SSSR count). The molecule has 0 atom stereocenters. The normalized spacial score (nSPS) is 19.6. The largest absolute Gasteiger partial charge is 0.375 e. The van der Waals surface area contributed by atoms with Gasteiger partial charge in [-0.3, -0.25) is 9.80 Å². The fourth-order valence-corrected chi connectivity index (χ4v) is 3.34. The fraction of sp³-hybridized carbons (Fsp3) is 0.400. The molecule has 0 unspecified atom stereocenters. The molecule has 0 N–H and O–H groups in total. The highest BCUT2D eigenvalue weighted by Crippen LogP contribution is 2.29. The van der Waals surface area contributed by atoms with Gasteiger partial charge in [0, 0.05) is 36.1 Å². The highest BCUT2D eigenvalue weighted by Gasteiger charge is 2.33. The van der Waals surface area contributed by atoms with Crippen molar-refractivity contribution in [3.8, 4) is 0 Å². The first-order valence-electron chi connectivity index (χ1n) is 6.78. The van der Waals surface area contributed by atoms with E-state index in [0.29, 0.717) is 0 Å². The molecule has 0 bridgehead atoms. The number of hydrogen-bond acceptors (Lipinski definition) is 3. The SMILES string of the molecule is CC1=C(N2CCN(c3csc(C)c3)C2=O)CN(C)C=C1. The molecule has 4 nitrogen and oxygen atoms in total. The number of thiophene rings is 1. The Labute approximate surface area is 123 Å². The van der Waals surface area contributed by atoms with Crippen molar-refractivity contribution in [1.82, 2.24) is 9.80 Å². The number of likely N-dealkylation sites (N-methyl/N-ethyl adjacent to an activating group) is 1. The summed E-state index contributed by atoms with van der Waals surface area (Å²) in [6.45, 7) is 6.47. The van der Waals surface area contributed by atoms with Crippen molar-refractivity contribution in [3.63, 3.8) is 0 Å². The highest BCUT2D eigenvalue weighted by molar-refractivity contribution is 7.10. The van der Waals surface area contributed by atoms with Gasteiger partial charge >= 0.3 is 6.03 Å². The van der Waals surface area contributed by atoms with Gasteiger partial charge in [-0.05, 0) is 37.8 Å². The third-order valence-electron chi connectivity index (χ3n) is 3.80. The van der Waals surface area contributed by atoms with Crippen LogP contribution in [0.1, 0.15) is 11.8 Å². The van der Waals surface area contributed by atoms with E-state index in [2.05, 4.69) is 42.5 Å². The van der Waals surface area contributed by atoms with Crippen LogP contribution >= 0.6 is 11.3 Å². The Kier molecular flexibility index (Phi) is 3.30. The molecule has 3 heterocycles. The smallest absolute Gasteiger partial charge is 0.328 e. The van der Waals surface area contributed by atoms with E-state index in [1.807, 2.05) is 16.8 Å². The maximum absolute atomic E-state index is 12.6. The Morgan fingerprint density at radius 3 is 2.65 bits per heavy atom. The topological polar surface area (TPSA) is 26.8 Å². The minimum absolute atomic E-state index is 0.0980. The molecule has 0 radical (unpaired) electrons. The summed E-state index contributed by atoms with van der Waals surface area (Å²) in [5.74, 6) is 0. The quantitative estimate of drug-likeness (QED) is 0.836. The van der Waals surface area contributed by atoms with E-state index >= 15 is 0 Å². The van der Waals surface area contributed by atoms with Crippen LogP contribution in [0.3, 0.4) is 0 Å².